The molecule has 0 aromatic heterocycles. The number of rotatable bonds is 5. The molecule has 6 heteroatoms. The zero-order valence-electron chi connectivity index (χ0n) is 12.0. The Bertz CT molecular complexity index is 755. The first-order valence-electron chi connectivity index (χ1n) is 6.66. The fourth-order valence-electron chi connectivity index (χ4n) is 2.07. The van der Waals surface area contributed by atoms with E-state index in [4.69, 9.17) is 0 Å². The largest absolute Gasteiger partial charge is 0.387 e. The van der Waals surface area contributed by atoms with Gasteiger partial charge in [0.25, 0.3) is 0 Å². The van der Waals surface area contributed by atoms with Crippen LogP contribution in [0.15, 0.2) is 42.5 Å². The highest BCUT2D eigenvalue weighted by atomic mass is 32.2. The Morgan fingerprint density at radius 2 is 1.68 bits per heavy atom. The number of aliphatic hydroxyl groups is 1. The second-order valence-electron chi connectivity index (χ2n) is 5.23. The molecule has 2 aromatic rings. The molecule has 0 aliphatic heterocycles. The standard InChI is InChI=1S/C16H16F2O3S/c1-11-2-5-13(6-3-11)16(19)10-22(20,21)9-12-4-7-14(17)15(18)8-12/h2-8,16,19H,9-10H2,1H3. The van der Waals surface area contributed by atoms with Gasteiger partial charge in [0.2, 0.25) is 0 Å². The van der Waals surface area contributed by atoms with E-state index in [1.54, 1.807) is 24.3 Å². The molecule has 0 saturated carbocycles. The molecule has 0 aliphatic carbocycles. The van der Waals surface area contributed by atoms with Crippen LogP contribution in [0, 0.1) is 18.6 Å². The van der Waals surface area contributed by atoms with Crippen LogP contribution in [0.5, 0.6) is 0 Å². The molecule has 0 bridgehead atoms. The van der Waals surface area contributed by atoms with Gasteiger partial charge in [0.15, 0.2) is 21.5 Å². The Labute approximate surface area is 128 Å². The number of hydrogen-bond donors (Lipinski definition) is 1. The zero-order valence-corrected chi connectivity index (χ0v) is 12.8. The van der Waals surface area contributed by atoms with E-state index >= 15 is 0 Å². The van der Waals surface area contributed by atoms with Crippen LogP contribution in [0.25, 0.3) is 0 Å². The summed E-state index contributed by atoms with van der Waals surface area (Å²) in [6, 6.07) is 9.83. The zero-order chi connectivity index (χ0) is 16.3. The maximum Gasteiger partial charge on any atom is 0.159 e. The van der Waals surface area contributed by atoms with Crippen LogP contribution in [0.1, 0.15) is 22.8 Å². The smallest absolute Gasteiger partial charge is 0.159 e. The van der Waals surface area contributed by atoms with Gasteiger partial charge in [0.1, 0.15) is 0 Å². The summed E-state index contributed by atoms with van der Waals surface area (Å²) in [5.74, 6) is -3.05. The van der Waals surface area contributed by atoms with Gasteiger partial charge in [-0.15, -0.1) is 0 Å². The molecule has 22 heavy (non-hydrogen) atoms. The van der Waals surface area contributed by atoms with Crippen molar-refractivity contribution >= 4 is 9.84 Å². The predicted molar refractivity (Wildman–Crippen MR) is 80.0 cm³/mol. The minimum atomic E-state index is -3.66. The Morgan fingerprint density at radius 3 is 2.27 bits per heavy atom. The third-order valence-corrected chi connectivity index (χ3v) is 4.84. The Balaban J connectivity index is 2.10. The van der Waals surface area contributed by atoms with E-state index in [9.17, 15) is 22.3 Å². The number of hydrogen-bond acceptors (Lipinski definition) is 3. The van der Waals surface area contributed by atoms with Crippen molar-refractivity contribution in [2.45, 2.75) is 18.8 Å². The summed E-state index contributed by atoms with van der Waals surface area (Å²) >= 11 is 0. The maximum atomic E-state index is 13.1. The summed E-state index contributed by atoms with van der Waals surface area (Å²) in [5, 5.41) is 10.0. The first-order valence-corrected chi connectivity index (χ1v) is 8.48. The van der Waals surface area contributed by atoms with E-state index in [2.05, 4.69) is 0 Å². The molecule has 1 unspecified atom stereocenters. The van der Waals surface area contributed by atoms with Gasteiger partial charge in [-0.05, 0) is 30.2 Å². The molecule has 0 amide bonds. The number of benzene rings is 2. The second-order valence-corrected chi connectivity index (χ2v) is 7.34. The number of aryl methyl sites for hydroxylation is 1. The first-order chi connectivity index (χ1) is 10.3. The maximum absolute atomic E-state index is 13.1. The molecular formula is C16H16F2O3S. The number of halogens is 2. The molecule has 0 radical (unpaired) electrons. The van der Waals surface area contributed by atoms with Crippen molar-refractivity contribution in [2.75, 3.05) is 5.75 Å². The van der Waals surface area contributed by atoms with E-state index in [-0.39, 0.29) is 5.56 Å². The van der Waals surface area contributed by atoms with E-state index < -0.39 is 39.1 Å². The summed E-state index contributed by atoms with van der Waals surface area (Å²) in [7, 11) is -3.66. The predicted octanol–water partition coefficient (Wildman–Crippen LogP) is 2.92. The molecule has 0 fully saturated rings. The van der Waals surface area contributed by atoms with Gasteiger partial charge >= 0.3 is 0 Å². The first kappa shape index (κ1) is 16.6. The summed E-state index contributed by atoms with van der Waals surface area (Å²) < 4.78 is 50.1. The topological polar surface area (TPSA) is 54.4 Å². The van der Waals surface area contributed by atoms with Crippen molar-refractivity contribution in [3.05, 3.63) is 70.8 Å². The average Bonchev–Trinajstić information content (AvgIpc) is 2.42. The fourth-order valence-corrected chi connectivity index (χ4v) is 3.55. The van der Waals surface area contributed by atoms with Gasteiger partial charge in [0, 0.05) is 0 Å². The van der Waals surface area contributed by atoms with Crippen LogP contribution in [0.4, 0.5) is 8.78 Å². The summed E-state index contributed by atoms with van der Waals surface area (Å²) in [4.78, 5) is 0. The van der Waals surface area contributed by atoms with E-state index in [0.29, 0.717) is 5.56 Å². The summed E-state index contributed by atoms with van der Waals surface area (Å²) in [5.41, 5.74) is 1.65. The molecule has 0 spiro atoms. The quantitative estimate of drug-likeness (QED) is 0.919. The minimum absolute atomic E-state index is 0.148. The van der Waals surface area contributed by atoms with Crippen molar-refractivity contribution in [3.8, 4) is 0 Å². The number of aliphatic hydroxyl groups excluding tert-OH is 1. The number of sulfone groups is 1. The lowest BCUT2D eigenvalue weighted by atomic mass is 10.1. The molecule has 2 rings (SSSR count). The lowest BCUT2D eigenvalue weighted by Gasteiger charge is -2.12. The Morgan fingerprint density at radius 1 is 1.05 bits per heavy atom. The molecule has 1 atom stereocenters. The van der Waals surface area contributed by atoms with Gasteiger partial charge in [0.05, 0.1) is 17.6 Å². The lowest BCUT2D eigenvalue weighted by Crippen LogP contribution is -2.16. The average molecular weight is 326 g/mol. The van der Waals surface area contributed by atoms with E-state index in [1.165, 1.54) is 6.07 Å². The fraction of sp³-hybridized carbons (Fsp3) is 0.250. The molecule has 0 heterocycles. The van der Waals surface area contributed by atoms with Gasteiger partial charge in [-0.1, -0.05) is 35.9 Å². The van der Waals surface area contributed by atoms with Crippen LogP contribution in [0.3, 0.4) is 0 Å². The molecule has 0 saturated heterocycles. The van der Waals surface area contributed by atoms with Crippen LogP contribution in [-0.4, -0.2) is 19.3 Å². The van der Waals surface area contributed by atoms with Crippen LogP contribution >= 0.6 is 0 Å². The van der Waals surface area contributed by atoms with Crippen molar-refractivity contribution in [1.82, 2.24) is 0 Å². The normalized spacial score (nSPS) is 13.1. The highest BCUT2D eigenvalue weighted by Gasteiger charge is 2.20. The highest BCUT2D eigenvalue weighted by Crippen LogP contribution is 2.19. The molecule has 118 valence electrons. The van der Waals surface area contributed by atoms with Gasteiger partial charge in [-0.3, -0.25) is 0 Å². The van der Waals surface area contributed by atoms with E-state index in [0.717, 1.165) is 17.7 Å². The van der Waals surface area contributed by atoms with Crippen LogP contribution in [-0.2, 0) is 15.6 Å². The molecule has 1 N–H and O–H groups in total. The highest BCUT2D eigenvalue weighted by molar-refractivity contribution is 7.90. The van der Waals surface area contributed by atoms with E-state index in [1.807, 2.05) is 6.92 Å². The van der Waals surface area contributed by atoms with Crippen molar-refractivity contribution < 1.29 is 22.3 Å². The third kappa shape index (κ3) is 4.35. The summed E-state index contributed by atoms with van der Waals surface area (Å²) in [6.45, 7) is 1.88. The van der Waals surface area contributed by atoms with Gasteiger partial charge in [-0.25, -0.2) is 17.2 Å². The molecule has 3 nitrogen and oxygen atoms in total. The Kier molecular flexibility index (Phi) is 4.93. The minimum Gasteiger partial charge on any atom is -0.387 e. The monoisotopic (exact) mass is 326 g/mol. The Hall–Kier alpha value is -1.79. The molecule has 2 aromatic carbocycles. The van der Waals surface area contributed by atoms with Crippen molar-refractivity contribution in [3.63, 3.8) is 0 Å². The molecular weight excluding hydrogens is 310 g/mol. The molecule has 0 aliphatic rings. The van der Waals surface area contributed by atoms with Gasteiger partial charge < -0.3 is 5.11 Å². The lowest BCUT2D eigenvalue weighted by molar-refractivity contribution is 0.201. The van der Waals surface area contributed by atoms with Crippen molar-refractivity contribution in [2.24, 2.45) is 0 Å². The van der Waals surface area contributed by atoms with Crippen molar-refractivity contribution in [1.29, 1.82) is 0 Å². The second kappa shape index (κ2) is 6.54. The van der Waals surface area contributed by atoms with Crippen LogP contribution < -0.4 is 0 Å². The SMILES string of the molecule is Cc1ccc(C(O)CS(=O)(=O)Cc2ccc(F)c(F)c2)cc1. The summed E-state index contributed by atoms with van der Waals surface area (Å²) in [6.07, 6.45) is -1.16. The van der Waals surface area contributed by atoms with Gasteiger partial charge in [-0.2, -0.15) is 0 Å². The third-order valence-electron chi connectivity index (χ3n) is 3.24. The van der Waals surface area contributed by atoms with Crippen LogP contribution in [0.2, 0.25) is 0 Å².